The average Bonchev–Trinajstić information content (AvgIpc) is 2.79. The summed E-state index contributed by atoms with van der Waals surface area (Å²) in [5, 5.41) is 0. The fourth-order valence-electron chi connectivity index (χ4n) is 2.06. The SMILES string of the molecule is COc1nc(-c2cc(C(C)C)ccc2OC)c(C)[nH]1. The van der Waals surface area contributed by atoms with Crippen molar-refractivity contribution in [3.8, 4) is 23.0 Å². The van der Waals surface area contributed by atoms with E-state index < -0.39 is 0 Å². The van der Waals surface area contributed by atoms with Gasteiger partial charge in [-0.25, -0.2) is 0 Å². The van der Waals surface area contributed by atoms with Crippen LogP contribution in [0.5, 0.6) is 11.8 Å². The summed E-state index contributed by atoms with van der Waals surface area (Å²) >= 11 is 0. The van der Waals surface area contributed by atoms with Crippen LogP contribution >= 0.6 is 0 Å². The second kappa shape index (κ2) is 5.34. The number of hydrogen-bond acceptors (Lipinski definition) is 3. The van der Waals surface area contributed by atoms with Crippen LogP contribution in [0.25, 0.3) is 11.3 Å². The summed E-state index contributed by atoms with van der Waals surface area (Å²) < 4.78 is 10.6. The summed E-state index contributed by atoms with van der Waals surface area (Å²) in [4.78, 5) is 7.55. The molecule has 1 N–H and O–H groups in total. The van der Waals surface area contributed by atoms with E-state index in [2.05, 4.69) is 35.9 Å². The van der Waals surface area contributed by atoms with Gasteiger partial charge in [-0.1, -0.05) is 19.9 Å². The van der Waals surface area contributed by atoms with Gasteiger partial charge in [0.25, 0.3) is 6.01 Å². The van der Waals surface area contributed by atoms with Gasteiger partial charge in [0.05, 0.1) is 19.9 Å². The van der Waals surface area contributed by atoms with Crippen LogP contribution in [0.15, 0.2) is 18.2 Å². The standard InChI is InChI=1S/C15H20N2O2/c1-9(2)11-6-7-13(18-4)12(8-11)14-10(3)16-15(17-14)19-5/h6-9H,1-5H3,(H,16,17). The second-order valence-electron chi connectivity index (χ2n) is 4.83. The summed E-state index contributed by atoms with van der Waals surface area (Å²) in [5.74, 6) is 1.28. The predicted molar refractivity (Wildman–Crippen MR) is 76.0 cm³/mol. The topological polar surface area (TPSA) is 47.1 Å². The molecule has 0 amide bonds. The molecule has 1 aromatic heterocycles. The normalized spacial score (nSPS) is 10.8. The molecular weight excluding hydrogens is 240 g/mol. The van der Waals surface area contributed by atoms with Crippen molar-refractivity contribution >= 4 is 0 Å². The molecule has 0 spiro atoms. The molecule has 0 bridgehead atoms. The van der Waals surface area contributed by atoms with E-state index in [1.54, 1.807) is 14.2 Å². The summed E-state index contributed by atoms with van der Waals surface area (Å²) in [7, 11) is 3.27. The van der Waals surface area contributed by atoms with E-state index in [9.17, 15) is 0 Å². The maximum Gasteiger partial charge on any atom is 0.294 e. The minimum atomic E-state index is 0.464. The van der Waals surface area contributed by atoms with Gasteiger partial charge in [-0.05, 0) is 30.5 Å². The Balaban J connectivity index is 2.57. The lowest BCUT2D eigenvalue weighted by Crippen LogP contribution is -1.94. The molecule has 4 nitrogen and oxygen atoms in total. The number of aromatic nitrogens is 2. The van der Waals surface area contributed by atoms with Crippen LogP contribution in [0.2, 0.25) is 0 Å². The van der Waals surface area contributed by atoms with Crippen LogP contribution in [0.1, 0.15) is 31.0 Å². The summed E-state index contributed by atoms with van der Waals surface area (Å²) in [6.45, 7) is 6.32. The first-order chi connectivity index (χ1) is 9.06. The molecule has 0 aliphatic carbocycles. The van der Waals surface area contributed by atoms with Gasteiger partial charge in [0.1, 0.15) is 5.75 Å². The van der Waals surface area contributed by atoms with Gasteiger partial charge in [-0.2, -0.15) is 4.98 Å². The first kappa shape index (κ1) is 13.5. The minimum absolute atomic E-state index is 0.464. The van der Waals surface area contributed by atoms with E-state index in [4.69, 9.17) is 9.47 Å². The molecule has 0 unspecified atom stereocenters. The van der Waals surface area contributed by atoms with Crippen molar-refractivity contribution in [1.29, 1.82) is 0 Å². The van der Waals surface area contributed by atoms with Gasteiger partial charge in [0.15, 0.2) is 0 Å². The number of nitrogens with one attached hydrogen (secondary N) is 1. The van der Waals surface area contributed by atoms with E-state index in [0.717, 1.165) is 22.7 Å². The summed E-state index contributed by atoms with van der Waals surface area (Å²) in [6.07, 6.45) is 0. The number of benzene rings is 1. The van der Waals surface area contributed by atoms with Gasteiger partial charge in [-0.15, -0.1) is 0 Å². The lowest BCUT2D eigenvalue weighted by molar-refractivity contribution is 0.384. The molecule has 0 radical (unpaired) electrons. The quantitative estimate of drug-likeness (QED) is 0.914. The third kappa shape index (κ3) is 2.57. The Kier molecular flexibility index (Phi) is 3.79. The Morgan fingerprint density at radius 3 is 2.42 bits per heavy atom. The third-order valence-corrected chi connectivity index (χ3v) is 3.20. The maximum absolute atomic E-state index is 5.44. The van der Waals surface area contributed by atoms with E-state index in [-0.39, 0.29) is 0 Å². The van der Waals surface area contributed by atoms with Crippen LogP contribution in [0, 0.1) is 6.92 Å². The number of hydrogen-bond donors (Lipinski definition) is 1. The van der Waals surface area contributed by atoms with Crippen LogP contribution in [0.3, 0.4) is 0 Å². The zero-order valence-corrected chi connectivity index (χ0v) is 12.1. The Morgan fingerprint density at radius 2 is 1.89 bits per heavy atom. The van der Waals surface area contributed by atoms with Gasteiger partial charge in [-0.3, -0.25) is 0 Å². The van der Waals surface area contributed by atoms with Gasteiger partial charge in [0, 0.05) is 11.3 Å². The van der Waals surface area contributed by atoms with E-state index in [0.29, 0.717) is 11.9 Å². The van der Waals surface area contributed by atoms with Crippen LogP contribution in [0.4, 0.5) is 0 Å². The number of aryl methyl sites for hydroxylation is 1. The van der Waals surface area contributed by atoms with Crippen LogP contribution < -0.4 is 9.47 Å². The van der Waals surface area contributed by atoms with Crippen molar-refractivity contribution in [3.63, 3.8) is 0 Å². The van der Waals surface area contributed by atoms with E-state index >= 15 is 0 Å². The molecule has 1 aromatic carbocycles. The molecule has 0 saturated carbocycles. The second-order valence-corrected chi connectivity index (χ2v) is 4.83. The molecule has 0 aliphatic rings. The number of aromatic amines is 1. The smallest absolute Gasteiger partial charge is 0.294 e. The fourth-order valence-corrected chi connectivity index (χ4v) is 2.06. The first-order valence-electron chi connectivity index (χ1n) is 6.35. The summed E-state index contributed by atoms with van der Waals surface area (Å²) in [5.41, 5.74) is 4.09. The third-order valence-electron chi connectivity index (χ3n) is 3.20. The molecule has 4 heteroatoms. The van der Waals surface area contributed by atoms with Gasteiger partial charge >= 0.3 is 0 Å². The number of ether oxygens (including phenoxy) is 2. The molecule has 0 saturated heterocycles. The molecule has 0 fully saturated rings. The van der Waals surface area contributed by atoms with Crippen molar-refractivity contribution in [2.24, 2.45) is 0 Å². The number of methoxy groups -OCH3 is 2. The Hall–Kier alpha value is -1.97. The van der Waals surface area contributed by atoms with Gasteiger partial charge in [0.2, 0.25) is 0 Å². The highest BCUT2D eigenvalue weighted by molar-refractivity contribution is 5.70. The molecule has 19 heavy (non-hydrogen) atoms. The lowest BCUT2D eigenvalue weighted by atomic mass is 9.98. The molecule has 0 aliphatic heterocycles. The Morgan fingerprint density at radius 1 is 1.16 bits per heavy atom. The number of H-pyrrole nitrogens is 1. The average molecular weight is 260 g/mol. The molecule has 102 valence electrons. The zero-order valence-electron chi connectivity index (χ0n) is 12.1. The fraction of sp³-hybridized carbons (Fsp3) is 0.400. The lowest BCUT2D eigenvalue weighted by Gasteiger charge is -2.11. The Labute approximate surface area is 113 Å². The number of nitrogens with zero attached hydrogens (tertiary/aromatic N) is 1. The van der Waals surface area contributed by atoms with Gasteiger partial charge < -0.3 is 14.5 Å². The molecule has 2 rings (SSSR count). The highest BCUT2D eigenvalue weighted by Gasteiger charge is 2.15. The predicted octanol–water partition coefficient (Wildman–Crippen LogP) is 3.53. The molecular formula is C15H20N2O2. The summed E-state index contributed by atoms with van der Waals surface area (Å²) in [6, 6.07) is 6.73. The largest absolute Gasteiger partial charge is 0.496 e. The van der Waals surface area contributed by atoms with Crippen LogP contribution in [-0.4, -0.2) is 24.2 Å². The number of rotatable bonds is 4. The minimum Gasteiger partial charge on any atom is -0.496 e. The van der Waals surface area contributed by atoms with Crippen LogP contribution in [-0.2, 0) is 0 Å². The van der Waals surface area contributed by atoms with Crippen molar-refractivity contribution in [2.75, 3.05) is 14.2 Å². The molecule has 1 heterocycles. The van der Waals surface area contributed by atoms with E-state index in [1.807, 2.05) is 13.0 Å². The Bertz CT molecular complexity index is 574. The van der Waals surface area contributed by atoms with Crippen molar-refractivity contribution in [1.82, 2.24) is 9.97 Å². The first-order valence-corrected chi connectivity index (χ1v) is 6.35. The maximum atomic E-state index is 5.44. The van der Waals surface area contributed by atoms with Crippen molar-refractivity contribution in [3.05, 3.63) is 29.5 Å². The number of imidazole rings is 1. The molecule has 2 aromatic rings. The monoisotopic (exact) mass is 260 g/mol. The van der Waals surface area contributed by atoms with Crippen molar-refractivity contribution < 1.29 is 9.47 Å². The zero-order chi connectivity index (χ0) is 14.0. The molecule has 0 atom stereocenters. The van der Waals surface area contributed by atoms with E-state index in [1.165, 1.54) is 5.56 Å². The highest BCUT2D eigenvalue weighted by Crippen LogP contribution is 2.34. The highest BCUT2D eigenvalue weighted by atomic mass is 16.5. The van der Waals surface area contributed by atoms with Crippen molar-refractivity contribution in [2.45, 2.75) is 26.7 Å².